The van der Waals surface area contributed by atoms with Gasteiger partial charge in [0.2, 0.25) is 0 Å². The van der Waals surface area contributed by atoms with Crippen molar-refractivity contribution in [1.29, 1.82) is 0 Å². The van der Waals surface area contributed by atoms with Crippen molar-refractivity contribution >= 4 is 24.2 Å². The summed E-state index contributed by atoms with van der Waals surface area (Å²) in [5.74, 6) is -0.759. The number of carbonyl (C=O) groups is 2. The first-order valence-corrected chi connectivity index (χ1v) is 12.5. The Morgan fingerprint density at radius 3 is 1.67 bits per heavy atom. The molecule has 2 aromatic rings. The van der Waals surface area contributed by atoms with Gasteiger partial charge in [0.15, 0.2) is 11.6 Å². The van der Waals surface area contributed by atoms with E-state index >= 15 is 0 Å². The van der Waals surface area contributed by atoms with Crippen molar-refractivity contribution in [2.75, 3.05) is 0 Å². The van der Waals surface area contributed by atoms with Crippen LogP contribution < -0.4 is 0 Å². The second-order valence-corrected chi connectivity index (χ2v) is 9.00. The lowest BCUT2D eigenvalue weighted by molar-refractivity contribution is -0.134. The first-order valence-electron chi connectivity index (χ1n) is 12.0. The zero-order chi connectivity index (χ0) is 25.8. The summed E-state index contributed by atoms with van der Waals surface area (Å²) in [6.45, 7) is 14.9. The van der Waals surface area contributed by atoms with Crippen LogP contribution in [0.25, 0.3) is 0 Å². The van der Waals surface area contributed by atoms with E-state index in [-0.39, 0.29) is 17.7 Å². The van der Waals surface area contributed by atoms with Gasteiger partial charge in [-0.2, -0.15) is 12.6 Å². The molecule has 0 bridgehead atoms. The van der Waals surface area contributed by atoms with Gasteiger partial charge in [0, 0.05) is 19.1 Å². The number of thiol groups is 1. The quantitative estimate of drug-likeness (QED) is 0.322. The van der Waals surface area contributed by atoms with Gasteiger partial charge in [-0.25, -0.2) is 0 Å². The van der Waals surface area contributed by atoms with Gasteiger partial charge in [0.25, 0.3) is 0 Å². The molecule has 0 spiro atoms. The van der Waals surface area contributed by atoms with Crippen LogP contribution in [0, 0.1) is 6.92 Å². The first-order chi connectivity index (χ1) is 15.5. The maximum atomic E-state index is 9.79. The van der Waals surface area contributed by atoms with Crippen LogP contribution in [0.2, 0.25) is 0 Å². The number of hydrogen-bond acceptors (Lipinski definition) is 4. The van der Waals surface area contributed by atoms with Crippen molar-refractivity contribution in [3.8, 4) is 0 Å². The number of benzene rings is 2. The highest BCUT2D eigenvalue weighted by molar-refractivity contribution is 7.80. The first kappa shape index (κ1) is 33.3. The van der Waals surface area contributed by atoms with E-state index in [0.717, 1.165) is 6.42 Å². The van der Waals surface area contributed by atoms with Gasteiger partial charge in [0.1, 0.15) is 0 Å². The topological polar surface area (TPSA) is 54.4 Å². The number of aryl methyl sites for hydroxylation is 3. The van der Waals surface area contributed by atoms with E-state index in [1.54, 1.807) is 6.92 Å². The summed E-state index contributed by atoms with van der Waals surface area (Å²) in [5.41, 5.74) is 5.60. The average Bonchev–Trinajstić information content (AvgIpc) is 2.77. The normalized spacial score (nSPS) is 11.3. The van der Waals surface area contributed by atoms with Crippen LogP contribution in [0.15, 0.2) is 48.5 Å². The van der Waals surface area contributed by atoms with E-state index < -0.39 is 0 Å². The van der Waals surface area contributed by atoms with Gasteiger partial charge in [-0.3, -0.25) is 9.59 Å². The molecule has 1 N–H and O–H groups in total. The number of hydrogen-bond donors (Lipinski definition) is 2. The van der Waals surface area contributed by atoms with E-state index in [1.165, 1.54) is 61.8 Å². The molecular formula is C29H46O3S. The SMILES string of the molecule is CC(=O)C(C)=O.CCCc1ccc(C)c([C@@H](C)S)c1.CCCc1ccccc1.CC[C@H](C)O. The van der Waals surface area contributed by atoms with Crippen LogP contribution in [0.5, 0.6) is 0 Å². The van der Waals surface area contributed by atoms with E-state index in [0.29, 0.717) is 5.25 Å². The Labute approximate surface area is 208 Å². The molecule has 0 radical (unpaired) electrons. The summed E-state index contributed by atoms with van der Waals surface area (Å²) >= 11 is 4.47. The summed E-state index contributed by atoms with van der Waals surface area (Å²) in [6.07, 6.45) is 5.58. The van der Waals surface area contributed by atoms with Crippen molar-refractivity contribution < 1.29 is 14.7 Å². The zero-order valence-corrected chi connectivity index (χ0v) is 22.9. The summed E-state index contributed by atoms with van der Waals surface area (Å²) in [5, 5.41) is 8.71. The zero-order valence-electron chi connectivity index (χ0n) is 22.0. The number of rotatable bonds is 7. The van der Waals surface area contributed by atoms with E-state index in [1.807, 2.05) is 6.92 Å². The summed E-state index contributed by atoms with van der Waals surface area (Å²) in [6, 6.07) is 17.3. The highest BCUT2D eigenvalue weighted by atomic mass is 32.1. The lowest BCUT2D eigenvalue weighted by Crippen LogP contribution is -2.01. The van der Waals surface area contributed by atoms with Crippen molar-refractivity contribution in [1.82, 2.24) is 0 Å². The molecule has 0 aliphatic heterocycles. The van der Waals surface area contributed by atoms with Crippen molar-refractivity contribution in [3.63, 3.8) is 0 Å². The van der Waals surface area contributed by atoms with Crippen LogP contribution >= 0.6 is 12.6 Å². The molecule has 0 aromatic heterocycles. The highest BCUT2D eigenvalue weighted by Gasteiger charge is 2.04. The second-order valence-electron chi connectivity index (χ2n) is 8.22. The van der Waals surface area contributed by atoms with Gasteiger partial charge in [-0.1, -0.05) is 82.1 Å². The molecule has 4 heteroatoms. The molecule has 0 saturated carbocycles. The van der Waals surface area contributed by atoms with E-state index in [4.69, 9.17) is 5.11 Å². The maximum Gasteiger partial charge on any atom is 0.195 e. The molecule has 0 aliphatic carbocycles. The summed E-state index contributed by atoms with van der Waals surface area (Å²) in [7, 11) is 0. The summed E-state index contributed by atoms with van der Waals surface area (Å²) < 4.78 is 0. The molecule has 0 aliphatic rings. The molecule has 186 valence electrons. The summed E-state index contributed by atoms with van der Waals surface area (Å²) in [4.78, 5) is 19.6. The molecule has 33 heavy (non-hydrogen) atoms. The Morgan fingerprint density at radius 1 is 0.848 bits per heavy atom. The predicted octanol–water partition coefficient (Wildman–Crippen LogP) is 7.52. The van der Waals surface area contributed by atoms with Gasteiger partial charge in [-0.15, -0.1) is 0 Å². The average molecular weight is 475 g/mol. The number of carbonyl (C=O) groups excluding carboxylic acids is 2. The largest absolute Gasteiger partial charge is 0.393 e. The third kappa shape index (κ3) is 19.3. The third-order valence-corrected chi connectivity index (χ3v) is 5.08. The predicted molar refractivity (Wildman–Crippen MR) is 146 cm³/mol. The standard InChI is InChI=1S/C12H18S.C9H12.C4H6O2.C4H10O/c1-4-5-11-7-6-9(2)12(8-11)10(3)13;1-2-6-9-7-4-3-5-8-9;1-3(5)4(2)6;1-3-4(2)5/h6-8,10,13H,4-5H2,1-3H3;3-5,7-8H,2,6H2,1H3;1-2H3;4-5H,3H2,1-2H3/t10-;;;4-/m1..0/s1. The molecule has 0 heterocycles. The number of aliphatic hydroxyl groups is 1. The van der Waals surface area contributed by atoms with E-state index in [2.05, 4.69) is 88.9 Å². The number of ketones is 2. The van der Waals surface area contributed by atoms with Gasteiger partial charge >= 0.3 is 0 Å². The Kier molecular flexibility index (Phi) is 20.8. The Balaban J connectivity index is 0. The highest BCUT2D eigenvalue weighted by Crippen LogP contribution is 2.24. The fourth-order valence-electron chi connectivity index (χ4n) is 2.52. The fourth-order valence-corrected chi connectivity index (χ4v) is 2.80. The molecule has 0 amide bonds. The number of Topliss-reactive ketones (excluding diaryl/α,β-unsaturated/α-hetero) is 2. The Hall–Kier alpha value is -1.91. The molecule has 0 unspecified atom stereocenters. The van der Waals surface area contributed by atoms with Crippen molar-refractivity contribution in [3.05, 3.63) is 70.8 Å². The molecule has 0 saturated heterocycles. The molecular weight excluding hydrogens is 428 g/mol. The maximum absolute atomic E-state index is 9.79. The van der Waals surface area contributed by atoms with Gasteiger partial charge < -0.3 is 5.11 Å². The Bertz CT molecular complexity index is 756. The van der Waals surface area contributed by atoms with Crippen LogP contribution in [-0.2, 0) is 22.4 Å². The monoisotopic (exact) mass is 474 g/mol. The molecule has 3 nitrogen and oxygen atoms in total. The lowest BCUT2D eigenvalue weighted by atomic mass is 10.0. The molecule has 0 fully saturated rings. The minimum absolute atomic E-state index is 0.116. The van der Waals surface area contributed by atoms with Crippen LogP contribution in [-0.4, -0.2) is 22.8 Å². The minimum atomic E-state index is -0.380. The number of aliphatic hydroxyl groups excluding tert-OH is 1. The fraction of sp³-hybridized carbons (Fsp3) is 0.517. The lowest BCUT2D eigenvalue weighted by Gasteiger charge is -2.10. The molecule has 2 atom stereocenters. The molecule has 2 rings (SSSR count). The van der Waals surface area contributed by atoms with Crippen molar-refractivity contribution in [2.24, 2.45) is 0 Å². The van der Waals surface area contributed by atoms with Crippen LogP contribution in [0.4, 0.5) is 0 Å². The third-order valence-electron chi connectivity index (χ3n) is 4.80. The Morgan fingerprint density at radius 2 is 1.30 bits per heavy atom. The van der Waals surface area contributed by atoms with E-state index in [9.17, 15) is 9.59 Å². The van der Waals surface area contributed by atoms with Gasteiger partial charge in [0.05, 0.1) is 6.10 Å². The van der Waals surface area contributed by atoms with Crippen molar-refractivity contribution in [2.45, 2.75) is 98.8 Å². The van der Waals surface area contributed by atoms with Gasteiger partial charge in [-0.05, 0) is 62.3 Å². The van der Waals surface area contributed by atoms with Crippen LogP contribution in [0.1, 0.15) is 95.2 Å². The van der Waals surface area contributed by atoms with Crippen LogP contribution in [0.3, 0.4) is 0 Å². The smallest absolute Gasteiger partial charge is 0.195 e. The minimum Gasteiger partial charge on any atom is -0.393 e. The second kappa shape index (κ2) is 20.7. The molecule has 2 aromatic carbocycles.